The molecule has 0 amide bonds. The number of nitrogens with zero attached hydrogens (tertiary/aromatic N) is 1. The third kappa shape index (κ3) is 10.2. The molecule has 2 aromatic rings. The first-order valence-electron chi connectivity index (χ1n) is 12.5. The third-order valence-electron chi connectivity index (χ3n) is 5.83. The Morgan fingerprint density at radius 2 is 1.53 bits per heavy atom. The van der Waals surface area contributed by atoms with Crippen LogP contribution in [0.3, 0.4) is 0 Å². The minimum absolute atomic E-state index is 0.116. The molecule has 1 atom stereocenters. The summed E-state index contributed by atoms with van der Waals surface area (Å²) in [5.41, 5.74) is 3.75. The smallest absolute Gasteiger partial charge is 0.338 e. The summed E-state index contributed by atoms with van der Waals surface area (Å²) in [6, 6.07) is 11.7. The van der Waals surface area contributed by atoms with E-state index in [1.807, 2.05) is 18.3 Å². The molecule has 0 aliphatic rings. The molecule has 1 aromatic carbocycles. The number of benzene rings is 1. The van der Waals surface area contributed by atoms with Crippen LogP contribution in [0.25, 0.3) is 11.3 Å². The summed E-state index contributed by atoms with van der Waals surface area (Å²) in [5.74, 6) is -0.320. The Labute approximate surface area is 199 Å². The number of esters is 1. The van der Waals surface area contributed by atoms with E-state index in [2.05, 4.69) is 31.0 Å². The van der Waals surface area contributed by atoms with E-state index in [4.69, 9.17) is 16.3 Å². The normalized spacial score (nSPS) is 12.0. The number of ether oxygens (including phenoxy) is 1. The molecule has 2 rings (SSSR count). The molecule has 0 N–H and O–H groups in total. The van der Waals surface area contributed by atoms with E-state index in [1.54, 1.807) is 12.1 Å². The van der Waals surface area contributed by atoms with Crippen LogP contribution in [0, 0.1) is 0 Å². The number of aromatic nitrogens is 1. The fourth-order valence-electron chi connectivity index (χ4n) is 3.76. The number of rotatable bonds is 16. The number of halogens is 1. The van der Waals surface area contributed by atoms with Gasteiger partial charge in [0.25, 0.3) is 0 Å². The molecular formula is C28H40ClNO2. The summed E-state index contributed by atoms with van der Waals surface area (Å²) in [6.45, 7) is 4.71. The largest absolute Gasteiger partial charge is 0.461 e. The van der Waals surface area contributed by atoms with Crippen molar-refractivity contribution in [2.75, 3.05) is 6.61 Å². The Balaban J connectivity index is 1.75. The predicted octanol–water partition coefficient (Wildman–Crippen LogP) is 8.39. The molecule has 0 aliphatic heterocycles. The fraction of sp³-hybridized carbons (Fsp3) is 0.571. The molecule has 0 unspecified atom stereocenters. The number of carbonyl (C=O) groups excluding carboxylic acids is 1. The summed E-state index contributed by atoms with van der Waals surface area (Å²) in [4.78, 5) is 16.9. The molecular weight excluding hydrogens is 418 g/mol. The first-order valence-corrected chi connectivity index (χ1v) is 12.9. The second kappa shape index (κ2) is 15.9. The Bertz CT molecular complexity index is 758. The number of aryl methyl sites for hydroxylation is 1. The maximum Gasteiger partial charge on any atom is 0.338 e. The van der Waals surface area contributed by atoms with Gasteiger partial charge in [0.05, 0.1) is 16.6 Å². The highest BCUT2D eigenvalue weighted by molar-refractivity contribution is 6.20. The summed E-state index contributed by atoms with van der Waals surface area (Å²) in [7, 11) is 0. The number of pyridine rings is 1. The van der Waals surface area contributed by atoms with E-state index in [9.17, 15) is 4.79 Å². The molecule has 0 bridgehead atoms. The highest BCUT2D eigenvalue weighted by atomic mass is 35.5. The van der Waals surface area contributed by atoms with E-state index < -0.39 is 0 Å². The second-order valence-electron chi connectivity index (χ2n) is 8.69. The van der Waals surface area contributed by atoms with Crippen molar-refractivity contribution in [3.05, 3.63) is 53.7 Å². The van der Waals surface area contributed by atoms with Crippen LogP contribution in [0.2, 0.25) is 0 Å². The lowest BCUT2D eigenvalue weighted by Gasteiger charge is -2.11. The monoisotopic (exact) mass is 457 g/mol. The average molecular weight is 458 g/mol. The van der Waals surface area contributed by atoms with Gasteiger partial charge in [0.1, 0.15) is 6.61 Å². The van der Waals surface area contributed by atoms with Gasteiger partial charge in [-0.3, -0.25) is 4.98 Å². The van der Waals surface area contributed by atoms with Crippen molar-refractivity contribution in [3.8, 4) is 11.3 Å². The molecule has 4 heteroatoms. The van der Waals surface area contributed by atoms with E-state index >= 15 is 0 Å². The zero-order valence-corrected chi connectivity index (χ0v) is 20.7. The van der Waals surface area contributed by atoms with Gasteiger partial charge in [0.15, 0.2) is 0 Å². The second-order valence-corrected chi connectivity index (χ2v) is 9.31. The van der Waals surface area contributed by atoms with E-state index in [0.717, 1.165) is 30.5 Å². The molecule has 0 radical (unpaired) electrons. The zero-order chi connectivity index (χ0) is 23.0. The van der Waals surface area contributed by atoms with Crippen molar-refractivity contribution in [3.63, 3.8) is 0 Å². The number of hydrogen-bond acceptors (Lipinski definition) is 3. The van der Waals surface area contributed by atoms with Crippen LogP contribution in [-0.4, -0.2) is 22.9 Å². The van der Waals surface area contributed by atoms with Crippen LogP contribution in [0.4, 0.5) is 0 Å². The molecule has 0 aliphatic carbocycles. The standard InChI is InChI=1S/C28H40ClNO2/c1-3-5-7-9-11-13-23-15-20-27(30-21-23)24-16-18-25(19-17-24)28(31)32-22-26(29)14-12-10-8-6-4-2/h15-21,26H,3-14,22H2,1-2H3/t26-/m1/s1. The molecule has 1 aromatic heterocycles. The minimum Gasteiger partial charge on any atom is -0.461 e. The summed E-state index contributed by atoms with van der Waals surface area (Å²) in [5, 5.41) is -0.116. The lowest BCUT2D eigenvalue weighted by Crippen LogP contribution is -2.14. The Hall–Kier alpha value is -1.87. The zero-order valence-electron chi connectivity index (χ0n) is 20.0. The number of alkyl halides is 1. The van der Waals surface area contributed by atoms with Crippen LogP contribution < -0.4 is 0 Å². The molecule has 1 heterocycles. The maximum atomic E-state index is 12.3. The molecule has 32 heavy (non-hydrogen) atoms. The average Bonchev–Trinajstić information content (AvgIpc) is 2.83. The van der Waals surface area contributed by atoms with Crippen LogP contribution in [0.1, 0.15) is 100 Å². The van der Waals surface area contributed by atoms with Gasteiger partial charge >= 0.3 is 5.97 Å². The third-order valence-corrected chi connectivity index (χ3v) is 6.17. The predicted molar refractivity (Wildman–Crippen MR) is 135 cm³/mol. The molecule has 0 fully saturated rings. The Morgan fingerprint density at radius 1 is 0.875 bits per heavy atom. The highest BCUT2D eigenvalue weighted by Crippen LogP contribution is 2.19. The van der Waals surface area contributed by atoms with Crippen LogP contribution >= 0.6 is 11.6 Å². The van der Waals surface area contributed by atoms with Crippen LogP contribution in [0.15, 0.2) is 42.6 Å². The maximum absolute atomic E-state index is 12.3. The summed E-state index contributed by atoms with van der Waals surface area (Å²) < 4.78 is 5.40. The number of unbranched alkanes of at least 4 members (excludes halogenated alkanes) is 8. The van der Waals surface area contributed by atoms with E-state index in [-0.39, 0.29) is 18.0 Å². The van der Waals surface area contributed by atoms with Crippen molar-refractivity contribution in [2.24, 2.45) is 0 Å². The molecule has 0 saturated heterocycles. The fourth-order valence-corrected chi connectivity index (χ4v) is 3.97. The lowest BCUT2D eigenvalue weighted by molar-refractivity contribution is 0.0501. The van der Waals surface area contributed by atoms with Gasteiger partial charge < -0.3 is 4.74 Å². The first-order chi connectivity index (χ1) is 15.6. The quantitative estimate of drug-likeness (QED) is 0.144. The van der Waals surface area contributed by atoms with Crippen molar-refractivity contribution in [2.45, 2.75) is 96.3 Å². The van der Waals surface area contributed by atoms with Gasteiger partial charge in [-0.05, 0) is 43.0 Å². The van der Waals surface area contributed by atoms with Gasteiger partial charge in [-0.25, -0.2) is 4.79 Å². The highest BCUT2D eigenvalue weighted by Gasteiger charge is 2.12. The molecule has 3 nitrogen and oxygen atoms in total. The molecule has 0 saturated carbocycles. The van der Waals surface area contributed by atoms with Crippen LogP contribution in [0.5, 0.6) is 0 Å². The van der Waals surface area contributed by atoms with Crippen molar-refractivity contribution >= 4 is 17.6 Å². The van der Waals surface area contributed by atoms with Gasteiger partial charge in [-0.2, -0.15) is 0 Å². The molecule has 176 valence electrons. The van der Waals surface area contributed by atoms with Crippen molar-refractivity contribution < 1.29 is 9.53 Å². The first kappa shape index (κ1) is 26.4. The SMILES string of the molecule is CCCCCCCc1ccc(-c2ccc(C(=O)OC[C@H](Cl)CCCCCCC)cc2)nc1. The van der Waals surface area contributed by atoms with Crippen LogP contribution in [-0.2, 0) is 11.2 Å². The van der Waals surface area contributed by atoms with E-state index in [0.29, 0.717) is 5.56 Å². The van der Waals surface area contributed by atoms with Gasteiger partial charge in [0, 0.05) is 11.8 Å². The lowest BCUT2D eigenvalue weighted by atomic mass is 10.0. The Morgan fingerprint density at radius 3 is 2.16 bits per heavy atom. The van der Waals surface area contributed by atoms with Gasteiger partial charge in [0.2, 0.25) is 0 Å². The van der Waals surface area contributed by atoms with Crippen molar-refractivity contribution in [1.29, 1.82) is 0 Å². The van der Waals surface area contributed by atoms with Gasteiger partial charge in [-0.1, -0.05) is 89.8 Å². The Kier molecular flexibility index (Phi) is 13.1. The molecule has 0 spiro atoms. The van der Waals surface area contributed by atoms with E-state index in [1.165, 1.54) is 63.4 Å². The number of hydrogen-bond donors (Lipinski definition) is 0. The summed E-state index contributed by atoms with van der Waals surface area (Å²) in [6.07, 6.45) is 16.4. The minimum atomic E-state index is -0.320. The topological polar surface area (TPSA) is 39.2 Å². The summed E-state index contributed by atoms with van der Waals surface area (Å²) >= 11 is 6.31. The van der Waals surface area contributed by atoms with Crippen molar-refractivity contribution in [1.82, 2.24) is 4.98 Å². The van der Waals surface area contributed by atoms with Gasteiger partial charge in [-0.15, -0.1) is 11.6 Å². The number of carbonyl (C=O) groups is 1.